The molecule has 0 aliphatic carbocycles. The molecule has 9 nitrogen and oxygen atoms in total. The topological polar surface area (TPSA) is 99.6 Å². The van der Waals surface area contributed by atoms with Crippen LogP contribution in [0.15, 0.2) is 60.2 Å². The summed E-state index contributed by atoms with van der Waals surface area (Å²) in [6.45, 7) is 8.82. The average Bonchev–Trinajstić information content (AvgIpc) is 2.94. The van der Waals surface area contributed by atoms with Gasteiger partial charge in [-0.15, -0.1) is 0 Å². The Kier molecular flexibility index (Phi) is 10.3. The number of rotatable bonds is 6. The summed E-state index contributed by atoms with van der Waals surface area (Å²) in [5.41, 5.74) is 0.592. The molecule has 2 aliphatic rings. The fourth-order valence-corrected chi connectivity index (χ4v) is 5.56. The van der Waals surface area contributed by atoms with Crippen LogP contribution in [0.5, 0.6) is 5.75 Å². The first kappa shape index (κ1) is 34.7. The maximum absolute atomic E-state index is 14.4. The van der Waals surface area contributed by atoms with Crippen molar-refractivity contribution >= 4 is 58.5 Å². The first-order chi connectivity index (χ1) is 20.9. The molecular weight excluding hydrogens is 641 g/mol. The molecule has 1 saturated heterocycles. The summed E-state index contributed by atoms with van der Waals surface area (Å²) >= 11 is 18.5. The quantitative estimate of drug-likeness (QED) is 0.336. The number of hydrogen-bond donors (Lipinski definition) is 1. The van der Waals surface area contributed by atoms with Crippen LogP contribution in [-0.2, 0) is 20.7 Å². The van der Waals surface area contributed by atoms with Crippen LogP contribution >= 0.6 is 34.8 Å². The summed E-state index contributed by atoms with van der Waals surface area (Å²) in [5, 5.41) is 9.98. The molecule has 0 saturated carbocycles. The number of amides is 3. The van der Waals surface area contributed by atoms with Gasteiger partial charge in [-0.05, 0) is 76.3 Å². The fraction of sp³-hybridized carbons (Fsp3) is 0.485. The second-order valence-electron chi connectivity index (χ2n) is 12.9. The number of likely N-dealkylation sites (N-methyl/N-ethyl adjacent to an activating group) is 1. The number of aromatic hydroxyl groups is 1. The first-order valence-corrected chi connectivity index (χ1v) is 15.9. The van der Waals surface area contributed by atoms with Crippen LogP contribution in [0.1, 0.15) is 52.2 Å². The maximum atomic E-state index is 14.4. The molecule has 2 heterocycles. The molecule has 2 unspecified atom stereocenters. The van der Waals surface area contributed by atoms with E-state index in [9.17, 15) is 19.5 Å². The Labute approximate surface area is 279 Å². The predicted molar refractivity (Wildman–Crippen MR) is 175 cm³/mol. The van der Waals surface area contributed by atoms with Crippen molar-refractivity contribution in [3.8, 4) is 5.75 Å². The fourth-order valence-electron chi connectivity index (χ4n) is 5.45. The van der Waals surface area contributed by atoms with E-state index >= 15 is 0 Å². The van der Waals surface area contributed by atoms with Gasteiger partial charge >= 0.3 is 12.2 Å². The Morgan fingerprint density at radius 2 is 1.53 bits per heavy atom. The lowest BCUT2D eigenvalue weighted by molar-refractivity contribution is -0.127. The number of nitrogens with zero attached hydrogens (tertiary/aromatic N) is 3. The second kappa shape index (κ2) is 13.3. The lowest BCUT2D eigenvalue weighted by Crippen LogP contribution is -2.66. The summed E-state index contributed by atoms with van der Waals surface area (Å²) in [6, 6.07) is 14.9. The Balaban J connectivity index is 1.79. The van der Waals surface area contributed by atoms with E-state index in [-0.39, 0.29) is 31.2 Å². The van der Waals surface area contributed by atoms with Crippen molar-refractivity contribution in [2.24, 2.45) is 0 Å². The predicted octanol–water partition coefficient (Wildman–Crippen LogP) is 6.83. The smallest absolute Gasteiger partial charge is 0.411 e. The van der Waals surface area contributed by atoms with E-state index in [1.54, 1.807) is 57.0 Å². The van der Waals surface area contributed by atoms with Crippen molar-refractivity contribution in [1.82, 2.24) is 14.7 Å². The first-order valence-electron chi connectivity index (χ1n) is 14.8. The number of ether oxygens (including phenoxy) is 2. The van der Waals surface area contributed by atoms with E-state index in [2.05, 4.69) is 0 Å². The van der Waals surface area contributed by atoms with Gasteiger partial charge in [0.15, 0.2) is 5.60 Å². The molecule has 244 valence electrons. The summed E-state index contributed by atoms with van der Waals surface area (Å²) in [5.74, 6) is -0.222. The third kappa shape index (κ3) is 8.18. The summed E-state index contributed by atoms with van der Waals surface area (Å²) in [6.07, 6.45) is -0.486. The van der Waals surface area contributed by atoms with Gasteiger partial charge in [-0.3, -0.25) is 9.69 Å². The van der Waals surface area contributed by atoms with E-state index in [0.29, 0.717) is 18.5 Å². The number of fused-ring (bicyclic) bond motifs is 2. The molecule has 2 aromatic rings. The minimum Gasteiger partial charge on any atom is -0.508 e. The molecule has 2 bridgehead atoms. The minimum atomic E-state index is -1.93. The summed E-state index contributed by atoms with van der Waals surface area (Å²) in [7, 11) is 1.71. The number of carbonyl (C=O) groups is 3. The molecule has 0 radical (unpaired) electrons. The summed E-state index contributed by atoms with van der Waals surface area (Å²) in [4.78, 5) is 46.3. The molecule has 0 aromatic heterocycles. The van der Waals surface area contributed by atoms with Gasteiger partial charge in [0.25, 0.3) is 5.91 Å². The van der Waals surface area contributed by atoms with Crippen molar-refractivity contribution in [2.45, 2.75) is 74.5 Å². The normalized spacial score (nSPS) is 18.9. The lowest BCUT2D eigenvalue weighted by Gasteiger charge is -2.51. The Hall–Kier alpha value is -3.14. The van der Waals surface area contributed by atoms with Crippen molar-refractivity contribution < 1.29 is 29.0 Å². The largest absolute Gasteiger partial charge is 0.508 e. The number of alkyl halides is 3. The highest BCUT2D eigenvalue weighted by Crippen LogP contribution is 2.43. The molecule has 3 amide bonds. The molecule has 1 fully saturated rings. The zero-order valence-electron chi connectivity index (χ0n) is 26.4. The van der Waals surface area contributed by atoms with E-state index in [1.807, 2.05) is 30.3 Å². The average molecular weight is 681 g/mol. The van der Waals surface area contributed by atoms with E-state index in [4.69, 9.17) is 44.3 Å². The number of hydrogen-bond acceptors (Lipinski definition) is 6. The van der Waals surface area contributed by atoms with Crippen LogP contribution in [0.25, 0.3) is 5.57 Å². The van der Waals surface area contributed by atoms with Gasteiger partial charge in [-0.25, -0.2) is 9.59 Å². The highest BCUT2D eigenvalue weighted by molar-refractivity contribution is 6.68. The highest BCUT2D eigenvalue weighted by atomic mass is 35.6. The molecule has 45 heavy (non-hydrogen) atoms. The number of phenolic OH excluding ortho intramolecular Hbond substituents is 1. The van der Waals surface area contributed by atoms with Gasteiger partial charge < -0.3 is 24.4 Å². The van der Waals surface area contributed by atoms with Crippen LogP contribution in [-0.4, -0.2) is 91.7 Å². The van der Waals surface area contributed by atoms with Gasteiger partial charge in [0, 0.05) is 32.3 Å². The molecular formula is C33H40Cl3N3O6. The van der Waals surface area contributed by atoms with Crippen LogP contribution in [0.4, 0.5) is 9.59 Å². The van der Waals surface area contributed by atoms with E-state index < -0.39 is 39.3 Å². The van der Waals surface area contributed by atoms with E-state index in [1.165, 1.54) is 23.6 Å². The monoisotopic (exact) mass is 679 g/mol. The highest BCUT2D eigenvalue weighted by Gasteiger charge is 2.52. The number of carbonyl (C=O) groups excluding carboxylic acids is 3. The van der Waals surface area contributed by atoms with Gasteiger partial charge in [0.1, 0.15) is 11.4 Å². The van der Waals surface area contributed by atoms with Crippen molar-refractivity contribution in [3.05, 3.63) is 71.3 Å². The second-order valence-corrected chi connectivity index (χ2v) is 15.2. The molecule has 4 rings (SSSR count). The molecule has 2 atom stereocenters. The zero-order valence-corrected chi connectivity index (χ0v) is 28.6. The van der Waals surface area contributed by atoms with Gasteiger partial charge in [-0.2, -0.15) is 0 Å². The molecule has 1 N–H and O–H groups in total. The Bertz CT molecular complexity index is 1430. The van der Waals surface area contributed by atoms with Gasteiger partial charge in [0.05, 0.1) is 12.1 Å². The molecule has 2 aromatic carbocycles. The lowest BCUT2D eigenvalue weighted by atomic mass is 9.81. The van der Waals surface area contributed by atoms with Crippen LogP contribution in [0.3, 0.4) is 0 Å². The van der Waals surface area contributed by atoms with Crippen LogP contribution < -0.4 is 0 Å². The molecule has 2 aliphatic heterocycles. The van der Waals surface area contributed by atoms with Gasteiger partial charge in [0.2, 0.25) is 3.79 Å². The van der Waals surface area contributed by atoms with Crippen LogP contribution in [0, 0.1) is 0 Å². The molecule has 12 heteroatoms. The Morgan fingerprint density at radius 3 is 2.11 bits per heavy atom. The summed E-state index contributed by atoms with van der Waals surface area (Å²) < 4.78 is 9.53. The third-order valence-electron chi connectivity index (χ3n) is 7.91. The Morgan fingerprint density at radius 1 is 0.911 bits per heavy atom. The minimum absolute atomic E-state index is 0.0239. The number of piperazine rings is 1. The van der Waals surface area contributed by atoms with Crippen molar-refractivity contribution in [3.63, 3.8) is 0 Å². The maximum Gasteiger partial charge on any atom is 0.411 e. The van der Waals surface area contributed by atoms with Gasteiger partial charge in [-0.1, -0.05) is 77.3 Å². The standard InChI is InChI=1S/C33H40Cl3N3O6/c1-31(2,3)44-29(42)38-19-23-18-25(22-12-14-24(40)15-13-22)27(28(41)37(6)17-16-21-10-8-7-9-11-21)26(20-38)39(23)30(43)45-32(4,5)33(34,35)36/h7-15,23,26,40H,16-20H2,1-6H3. The molecule has 0 spiro atoms. The number of halogens is 3. The zero-order chi connectivity index (χ0) is 33.3. The number of benzene rings is 2. The van der Waals surface area contributed by atoms with Crippen LogP contribution in [0.2, 0.25) is 0 Å². The third-order valence-corrected chi connectivity index (χ3v) is 9.28. The van der Waals surface area contributed by atoms with Crippen molar-refractivity contribution in [1.29, 1.82) is 0 Å². The van der Waals surface area contributed by atoms with E-state index in [0.717, 1.165) is 16.7 Å². The number of phenols is 1. The SMILES string of the molecule is CN(CCc1ccccc1)C(=O)C1=C(c2ccc(O)cc2)CC2CN(C(=O)OC(C)(C)C)CC1N2C(=O)OC(C)(C)C(Cl)(Cl)Cl. The van der Waals surface area contributed by atoms with Crippen molar-refractivity contribution in [2.75, 3.05) is 26.7 Å².